The zero-order valence-electron chi connectivity index (χ0n) is 12.2. The Morgan fingerprint density at radius 1 is 1.20 bits per heavy atom. The summed E-state index contributed by atoms with van der Waals surface area (Å²) in [6.45, 7) is 5.64. The van der Waals surface area contributed by atoms with Crippen molar-refractivity contribution in [3.05, 3.63) is 18.2 Å². The molecule has 20 heavy (non-hydrogen) atoms. The number of ether oxygens (including phenoxy) is 2. The van der Waals surface area contributed by atoms with Crippen LogP contribution < -0.4 is 5.73 Å². The van der Waals surface area contributed by atoms with Crippen molar-refractivity contribution >= 4 is 0 Å². The summed E-state index contributed by atoms with van der Waals surface area (Å²) >= 11 is 0. The molecule has 3 atom stereocenters. The highest BCUT2D eigenvalue weighted by atomic mass is 16.5. The van der Waals surface area contributed by atoms with Gasteiger partial charge in [0.1, 0.15) is 0 Å². The molecular formula is C15H25N3O2. The maximum atomic E-state index is 6.45. The number of imidazole rings is 1. The first-order valence-electron chi connectivity index (χ1n) is 7.70. The Bertz CT molecular complexity index is 423. The summed E-state index contributed by atoms with van der Waals surface area (Å²) in [4.78, 5) is 4.34. The maximum absolute atomic E-state index is 6.45. The average molecular weight is 279 g/mol. The fourth-order valence-electron chi connectivity index (χ4n) is 3.42. The molecule has 0 aromatic carbocycles. The van der Waals surface area contributed by atoms with Crippen LogP contribution in [0.4, 0.5) is 0 Å². The van der Waals surface area contributed by atoms with Gasteiger partial charge in [0.15, 0.2) is 0 Å². The second-order valence-corrected chi connectivity index (χ2v) is 6.07. The molecule has 1 aromatic rings. The van der Waals surface area contributed by atoms with Gasteiger partial charge in [0.2, 0.25) is 0 Å². The Morgan fingerprint density at radius 2 is 1.90 bits per heavy atom. The van der Waals surface area contributed by atoms with Crippen LogP contribution in [0.15, 0.2) is 12.5 Å². The second kappa shape index (κ2) is 6.24. The molecule has 2 fully saturated rings. The van der Waals surface area contributed by atoms with E-state index < -0.39 is 0 Å². The van der Waals surface area contributed by atoms with Crippen LogP contribution in [-0.2, 0) is 9.47 Å². The minimum atomic E-state index is 0.0299. The molecule has 2 aliphatic heterocycles. The van der Waals surface area contributed by atoms with Crippen LogP contribution in [0.3, 0.4) is 0 Å². The van der Waals surface area contributed by atoms with Gasteiger partial charge in [-0.15, -0.1) is 0 Å². The summed E-state index contributed by atoms with van der Waals surface area (Å²) in [6.07, 6.45) is 7.17. The van der Waals surface area contributed by atoms with Gasteiger partial charge >= 0.3 is 0 Å². The van der Waals surface area contributed by atoms with Crippen molar-refractivity contribution in [1.29, 1.82) is 0 Å². The average Bonchev–Trinajstić information content (AvgIpc) is 3.18. The minimum Gasteiger partial charge on any atom is -0.381 e. The molecule has 2 N–H and O–H groups in total. The molecule has 2 aliphatic rings. The van der Waals surface area contributed by atoms with Crippen LogP contribution in [0, 0.1) is 11.8 Å². The SMILES string of the molecule is CC(C1CCOCC1)n1cncc1C(N)C1CCOC1. The monoisotopic (exact) mass is 279 g/mol. The van der Waals surface area contributed by atoms with Crippen LogP contribution >= 0.6 is 0 Å². The first-order valence-corrected chi connectivity index (χ1v) is 7.70. The largest absolute Gasteiger partial charge is 0.381 e. The van der Waals surface area contributed by atoms with Gasteiger partial charge in [0.25, 0.3) is 0 Å². The first kappa shape index (κ1) is 14.0. The molecule has 0 radical (unpaired) electrons. The lowest BCUT2D eigenvalue weighted by Gasteiger charge is -2.31. The number of hydrogen-bond acceptors (Lipinski definition) is 4. The van der Waals surface area contributed by atoms with Crippen LogP contribution in [-0.4, -0.2) is 36.0 Å². The Labute approximate surface area is 120 Å². The second-order valence-electron chi connectivity index (χ2n) is 6.07. The summed E-state index contributed by atoms with van der Waals surface area (Å²) < 4.78 is 13.2. The third-order valence-electron chi connectivity index (χ3n) is 4.90. The number of rotatable bonds is 4. The molecule has 0 amide bonds. The van der Waals surface area contributed by atoms with Crippen LogP contribution in [0.5, 0.6) is 0 Å². The van der Waals surface area contributed by atoms with Crippen molar-refractivity contribution < 1.29 is 9.47 Å². The van der Waals surface area contributed by atoms with Gasteiger partial charge < -0.3 is 19.8 Å². The zero-order chi connectivity index (χ0) is 13.9. The van der Waals surface area contributed by atoms with Gasteiger partial charge in [-0.25, -0.2) is 4.98 Å². The first-order chi connectivity index (χ1) is 9.77. The molecule has 0 aliphatic carbocycles. The number of hydrogen-bond donors (Lipinski definition) is 1. The summed E-state index contributed by atoms with van der Waals surface area (Å²) in [5.74, 6) is 1.08. The number of nitrogens with two attached hydrogens (primary N) is 1. The topological polar surface area (TPSA) is 62.3 Å². The van der Waals surface area contributed by atoms with Crippen molar-refractivity contribution in [1.82, 2.24) is 9.55 Å². The van der Waals surface area contributed by atoms with Crippen molar-refractivity contribution in [3.8, 4) is 0 Å². The third-order valence-corrected chi connectivity index (χ3v) is 4.90. The molecule has 5 heteroatoms. The van der Waals surface area contributed by atoms with Gasteiger partial charge in [-0.3, -0.25) is 0 Å². The normalized spacial score (nSPS) is 27.6. The summed E-state index contributed by atoms with van der Waals surface area (Å²) in [6, 6.07) is 0.465. The minimum absolute atomic E-state index is 0.0299. The molecule has 3 unspecified atom stereocenters. The Balaban J connectivity index is 1.74. The van der Waals surface area contributed by atoms with E-state index in [1.165, 1.54) is 0 Å². The fraction of sp³-hybridized carbons (Fsp3) is 0.800. The molecule has 0 spiro atoms. The van der Waals surface area contributed by atoms with E-state index in [0.717, 1.165) is 51.4 Å². The smallest absolute Gasteiger partial charge is 0.0951 e. The molecule has 0 saturated carbocycles. The summed E-state index contributed by atoms with van der Waals surface area (Å²) in [5, 5.41) is 0. The van der Waals surface area contributed by atoms with Gasteiger partial charge in [0.05, 0.1) is 24.7 Å². The molecule has 1 aromatic heterocycles. The van der Waals surface area contributed by atoms with Crippen LogP contribution in [0.1, 0.15) is 44.0 Å². The van der Waals surface area contributed by atoms with E-state index in [-0.39, 0.29) is 6.04 Å². The molecule has 3 rings (SSSR count). The maximum Gasteiger partial charge on any atom is 0.0951 e. The van der Waals surface area contributed by atoms with Crippen molar-refractivity contribution in [2.75, 3.05) is 26.4 Å². The van der Waals surface area contributed by atoms with Crippen molar-refractivity contribution in [2.24, 2.45) is 17.6 Å². The van der Waals surface area contributed by atoms with Gasteiger partial charge in [-0.1, -0.05) is 0 Å². The fourth-order valence-corrected chi connectivity index (χ4v) is 3.42. The van der Waals surface area contributed by atoms with Gasteiger partial charge in [0, 0.05) is 38.0 Å². The van der Waals surface area contributed by atoms with Crippen LogP contribution in [0.25, 0.3) is 0 Å². The van der Waals surface area contributed by atoms with E-state index in [9.17, 15) is 0 Å². The van der Waals surface area contributed by atoms with E-state index in [4.69, 9.17) is 15.2 Å². The quantitative estimate of drug-likeness (QED) is 0.914. The predicted octanol–water partition coefficient (Wildman–Crippen LogP) is 1.91. The molecule has 5 nitrogen and oxygen atoms in total. The van der Waals surface area contributed by atoms with Crippen LogP contribution in [0.2, 0.25) is 0 Å². The summed E-state index contributed by atoms with van der Waals surface area (Å²) in [5.41, 5.74) is 7.60. The Kier molecular flexibility index (Phi) is 4.38. The Morgan fingerprint density at radius 3 is 2.60 bits per heavy atom. The van der Waals surface area contributed by atoms with E-state index in [2.05, 4.69) is 16.5 Å². The zero-order valence-corrected chi connectivity index (χ0v) is 12.2. The van der Waals surface area contributed by atoms with Gasteiger partial charge in [-0.05, 0) is 32.1 Å². The van der Waals surface area contributed by atoms with Gasteiger partial charge in [-0.2, -0.15) is 0 Å². The molecule has 2 saturated heterocycles. The third kappa shape index (κ3) is 2.75. The predicted molar refractivity (Wildman–Crippen MR) is 76.3 cm³/mol. The standard InChI is InChI=1S/C15H25N3O2/c1-11(12-2-5-19-6-3-12)18-10-17-8-14(18)15(16)13-4-7-20-9-13/h8,10-13,15H,2-7,9,16H2,1H3. The Hall–Kier alpha value is -0.910. The summed E-state index contributed by atoms with van der Waals surface area (Å²) in [7, 11) is 0. The lowest BCUT2D eigenvalue weighted by Crippen LogP contribution is -2.29. The van der Waals surface area contributed by atoms with Crippen molar-refractivity contribution in [3.63, 3.8) is 0 Å². The highest BCUT2D eigenvalue weighted by molar-refractivity contribution is 5.08. The lowest BCUT2D eigenvalue weighted by molar-refractivity contribution is 0.0507. The molecule has 3 heterocycles. The molecule has 0 bridgehead atoms. The van der Waals surface area contributed by atoms with E-state index in [0.29, 0.717) is 17.9 Å². The lowest BCUT2D eigenvalue weighted by atomic mass is 9.91. The number of nitrogens with zero attached hydrogens (tertiary/aromatic N) is 2. The van der Waals surface area contributed by atoms with Crippen molar-refractivity contribution in [2.45, 2.75) is 38.3 Å². The number of aromatic nitrogens is 2. The molecule has 112 valence electrons. The van der Waals surface area contributed by atoms with E-state index in [1.807, 2.05) is 12.5 Å². The highest BCUT2D eigenvalue weighted by Gasteiger charge is 2.29. The highest BCUT2D eigenvalue weighted by Crippen LogP contribution is 2.32. The van der Waals surface area contributed by atoms with E-state index >= 15 is 0 Å². The molecular weight excluding hydrogens is 254 g/mol. The van der Waals surface area contributed by atoms with E-state index in [1.54, 1.807) is 0 Å².